The lowest BCUT2D eigenvalue weighted by Gasteiger charge is -2.36. The van der Waals surface area contributed by atoms with Crippen molar-refractivity contribution in [3.63, 3.8) is 0 Å². The first-order valence-electron chi connectivity index (χ1n) is 13.7. The van der Waals surface area contributed by atoms with Gasteiger partial charge in [-0.2, -0.15) is 0 Å². The topological polar surface area (TPSA) is 43.3 Å². The van der Waals surface area contributed by atoms with E-state index in [1.54, 1.807) is 12.1 Å². The van der Waals surface area contributed by atoms with Crippen LogP contribution in [0.15, 0.2) is 42.5 Å². The predicted octanol–water partition coefficient (Wildman–Crippen LogP) is 6.19. The molecule has 2 aliphatic heterocycles. The molecule has 2 heterocycles. The van der Waals surface area contributed by atoms with Crippen LogP contribution in [0.3, 0.4) is 0 Å². The second kappa shape index (κ2) is 8.89. The number of benzene rings is 3. The minimum Gasteiger partial charge on any atom is -0.478 e. The molecular weight excluding hydrogens is 539 g/mol. The summed E-state index contributed by atoms with van der Waals surface area (Å²) < 4.78 is 4.40. The van der Waals surface area contributed by atoms with Gasteiger partial charge in [0, 0.05) is 59.5 Å². The Morgan fingerprint density at radius 2 is 1.70 bits per heavy atom. The van der Waals surface area contributed by atoms with Crippen molar-refractivity contribution >= 4 is 52.7 Å². The second-order valence-corrected chi connectivity index (χ2v) is 13.2. The molecule has 0 saturated heterocycles. The largest absolute Gasteiger partial charge is 0.478 e. The lowest BCUT2D eigenvalue weighted by molar-refractivity contribution is -0.436. The van der Waals surface area contributed by atoms with E-state index in [4.69, 9.17) is 23.2 Å². The van der Waals surface area contributed by atoms with Crippen LogP contribution in [0.4, 0.5) is 5.69 Å². The molecule has 0 radical (unpaired) electrons. The first-order valence-corrected chi connectivity index (χ1v) is 14.5. The summed E-state index contributed by atoms with van der Waals surface area (Å²) in [6.07, 6.45) is 4.25. The van der Waals surface area contributed by atoms with Gasteiger partial charge in [0.25, 0.3) is 0 Å². The molecule has 4 nitrogen and oxygen atoms in total. The molecule has 6 heteroatoms. The number of rotatable bonds is 2. The number of hydrogen-bond acceptors (Lipinski definition) is 1. The van der Waals surface area contributed by atoms with Crippen molar-refractivity contribution in [3.05, 3.63) is 102 Å². The molecule has 0 fully saturated rings. The van der Waals surface area contributed by atoms with Crippen LogP contribution in [0.5, 0.6) is 0 Å². The van der Waals surface area contributed by atoms with Crippen LogP contribution < -0.4 is 15.2 Å². The van der Waals surface area contributed by atoms with E-state index in [0.29, 0.717) is 10.6 Å². The van der Waals surface area contributed by atoms with Gasteiger partial charge in [0.2, 0.25) is 11.0 Å². The molecule has 1 aliphatic carbocycles. The highest BCUT2D eigenvalue weighted by molar-refractivity contribution is 6.37. The minimum atomic E-state index is -1.10. The molecule has 204 valence electrons. The molecule has 40 heavy (non-hydrogen) atoms. The standard InChI is InChI=1S/C34H33Cl2N2O2/c1-18-17-33(2,3)38(7)28-16-24-22(14-20(18)28)29(30-25(35)10-11-26(36)31(30)32(39)40)21-13-19-9-8-12-37(6)27(19)15-23(21)34(24,4)5/h10-11,13-17H,6,8-9,12H2,1-5,7H3/q+1/p+1. The third-order valence-electron chi connectivity index (χ3n) is 9.24. The molecule has 0 bridgehead atoms. The third kappa shape index (κ3) is 3.76. The monoisotopic (exact) mass is 572 g/mol. The van der Waals surface area contributed by atoms with Gasteiger partial charge < -0.3 is 5.11 Å². The molecule has 0 unspecified atom stereocenters. The van der Waals surface area contributed by atoms with Crippen molar-refractivity contribution in [2.45, 2.75) is 58.4 Å². The number of likely N-dealkylation sites (N-methyl/N-ethyl adjacent to an activating group) is 1. The van der Waals surface area contributed by atoms with Gasteiger partial charge >= 0.3 is 5.97 Å². The summed E-state index contributed by atoms with van der Waals surface area (Å²) in [7, 11) is 2.13. The predicted molar refractivity (Wildman–Crippen MR) is 164 cm³/mol. The van der Waals surface area contributed by atoms with E-state index in [0.717, 1.165) is 63.5 Å². The molecule has 3 aromatic rings. The number of hydrogen-bond donors (Lipinski definition) is 1. The molecular formula is C34H34Cl2N2O2+2. The summed E-state index contributed by atoms with van der Waals surface area (Å²) in [4.78, 5) is 12.7. The third-order valence-corrected chi connectivity index (χ3v) is 9.87. The van der Waals surface area contributed by atoms with Crippen LogP contribution in [-0.2, 0) is 11.8 Å². The number of allylic oxidation sites excluding steroid dienone is 1. The molecule has 0 aromatic heterocycles. The average molecular weight is 574 g/mol. The van der Waals surface area contributed by atoms with E-state index >= 15 is 0 Å². The summed E-state index contributed by atoms with van der Waals surface area (Å²) in [5.41, 5.74) is 8.73. The number of halogens is 2. The molecule has 0 spiro atoms. The number of aromatic carboxylic acids is 1. The number of aryl methyl sites for hydroxylation is 1. The van der Waals surface area contributed by atoms with Crippen LogP contribution in [0, 0.1) is 0 Å². The lowest BCUT2D eigenvalue weighted by atomic mass is 9.67. The van der Waals surface area contributed by atoms with E-state index < -0.39 is 5.97 Å². The fourth-order valence-corrected chi connectivity index (χ4v) is 7.41. The molecule has 3 aliphatic rings. The van der Waals surface area contributed by atoms with Gasteiger partial charge in [0.15, 0.2) is 5.54 Å². The molecule has 0 saturated carbocycles. The first kappa shape index (κ1) is 27.0. The summed E-state index contributed by atoms with van der Waals surface area (Å²) in [5, 5.41) is 13.1. The summed E-state index contributed by atoms with van der Waals surface area (Å²) in [6, 6.07) is 12.3. The highest BCUT2D eigenvalue weighted by Crippen LogP contribution is 2.46. The van der Waals surface area contributed by atoms with Gasteiger partial charge in [-0.1, -0.05) is 37.0 Å². The van der Waals surface area contributed by atoms with E-state index in [2.05, 4.69) is 87.9 Å². The molecule has 0 atom stereocenters. The highest BCUT2D eigenvalue weighted by atomic mass is 35.5. The van der Waals surface area contributed by atoms with Gasteiger partial charge in [-0.05, 0) is 76.7 Å². The van der Waals surface area contributed by atoms with Crippen molar-refractivity contribution in [2.24, 2.45) is 0 Å². The zero-order valence-corrected chi connectivity index (χ0v) is 25.4. The van der Waals surface area contributed by atoms with Gasteiger partial charge in [0.05, 0.1) is 10.6 Å². The molecule has 0 amide bonds. The first-order chi connectivity index (χ1) is 18.7. The maximum atomic E-state index is 12.7. The van der Waals surface area contributed by atoms with E-state index in [-0.39, 0.29) is 21.5 Å². The fraction of sp³-hybridized carbons (Fsp3) is 0.324. The van der Waals surface area contributed by atoms with Crippen LogP contribution in [0.25, 0.3) is 11.1 Å². The Hall–Kier alpha value is -3.21. The summed E-state index contributed by atoms with van der Waals surface area (Å²) in [6.45, 7) is 16.3. The Morgan fingerprint density at radius 1 is 1.00 bits per heavy atom. The molecule has 6 rings (SSSR count). The van der Waals surface area contributed by atoms with Crippen molar-refractivity contribution < 1.29 is 14.5 Å². The fourth-order valence-electron chi connectivity index (χ4n) is 6.92. The zero-order chi connectivity index (χ0) is 28.9. The second-order valence-electron chi connectivity index (χ2n) is 12.4. The van der Waals surface area contributed by atoms with E-state index in [9.17, 15) is 9.90 Å². The van der Waals surface area contributed by atoms with Crippen molar-refractivity contribution in [2.75, 3.05) is 13.6 Å². The number of nitrogens with zero attached hydrogens (tertiary/aromatic N) is 2. The van der Waals surface area contributed by atoms with E-state index in [1.807, 2.05) is 0 Å². The van der Waals surface area contributed by atoms with Crippen molar-refractivity contribution in [3.8, 4) is 0 Å². The summed E-state index contributed by atoms with van der Waals surface area (Å²) in [5.74, 6) is -1.10. The zero-order valence-electron chi connectivity index (χ0n) is 23.9. The van der Waals surface area contributed by atoms with Crippen LogP contribution in [-0.4, -0.2) is 41.5 Å². The van der Waals surface area contributed by atoms with E-state index in [1.165, 1.54) is 11.1 Å². The number of carboxylic acids is 1. The Bertz CT molecular complexity index is 1860. The minimum absolute atomic E-state index is 0.0283. The Morgan fingerprint density at radius 3 is 2.40 bits per heavy atom. The van der Waals surface area contributed by atoms with Crippen LogP contribution in [0.2, 0.25) is 10.0 Å². The van der Waals surface area contributed by atoms with Crippen molar-refractivity contribution in [1.29, 1.82) is 0 Å². The average Bonchev–Trinajstić information content (AvgIpc) is 2.88. The normalized spacial score (nSPS) is 18.4. The molecule has 1 N–H and O–H groups in total. The van der Waals surface area contributed by atoms with Crippen LogP contribution in [0.1, 0.15) is 84.8 Å². The Balaban J connectivity index is 1.88. The van der Waals surface area contributed by atoms with Gasteiger partial charge in [-0.15, -0.1) is 0 Å². The highest BCUT2D eigenvalue weighted by Gasteiger charge is 2.40. The van der Waals surface area contributed by atoms with Gasteiger partial charge in [0.1, 0.15) is 20.3 Å². The Kier molecular flexibility index (Phi) is 6.00. The van der Waals surface area contributed by atoms with Gasteiger partial charge in [-0.25, -0.2) is 13.9 Å². The van der Waals surface area contributed by atoms with Crippen LogP contribution >= 0.6 is 23.2 Å². The lowest BCUT2D eigenvalue weighted by Crippen LogP contribution is -2.48. The quantitative estimate of drug-likeness (QED) is 0.372. The van der Waals surface area contributed by atoms with Crippen molar-refractivity contribution in [1.82, 2.24) is 4.58 Å². The molecule has 3 aromatic carbocycles. The number of fused-ring (bicyclic) bond motifs is 4. The Labute approximate surface area is 245 Å². The maximum absolute atomic E-state index is 12.7. The maximum Gasteiger partial charge on any atom is 0.337 e. The number of carboxylic acid groups (broad SMARTS) is 1. The number of carbonyl (C=O) groups is 1. The van der Waals surface area contributed by atoms with Gasteiger partial charge in [-0.3, -0.25) is 0 Å². The SMILES string of the molecule is C=[N+]1CCCc2cc3c(cc21)C(C)(C)c1cc2c(cc1=C3c1c(Cl)ccc(Cl)c1C(=O)O)C(C)=CC(C)(C)[N+]=2C. The smallest absolute Gasteiger partial charge is 0.337 e. The summed E-state index contributed by atoms with van der Waals surface area (Å²) >= 11 is 13.5.